The van der Waals surface area contributed by atoms with Crippen molar-refractivity contribution in [1.82, 2.24) is 4.40 Å². The van der Waals surface area contributed by atoms with Crippen molar-refractivity contribution >= 4 is 91.5 Å². The van der Waals surface area contributed by atoms with Gasteiger partial charge in [0.05, 0.1) is 27.3 Å². The van der Waals surface area contributed by atoms with Crippen LogP contribution in [0.25, 0.3) is 125 Å². The molecule has 0 bridgehead atoms. The van der Waals surface area contributed by atoms with Gasteiger partial charge in [-0.3, -0.25) is 4.79 Å². The van der Waals surface area contributed by atoms with E-state index in [9.17, 15) is 4.79 Å². The Labute approximate surface area is 341 Å². The molecule has 59 heavy (non-hydrogen) atoms. The Morgan fingerprint density at radius 3 is 1.49 bits per heavy atom. The van der Waals surface area contributed by atoms with Crippen LogP contribution in [0.3, 0.4) is 0 Å². The van der Waals surface area contributed by atoms with Gasteiger partial charge in [-0.2, -0.15) is 0 Å². The van der Waals surface area contributed by atoms with Crippen LogP contribution >= 0.6 is 11.3 Å². The monoisotopic (exact) mass is 769 g/mol. The highest BCUT2D eigenvalue weighted by Crippen LogP contribution is 2.42. The zero-order valence-corrected chi connectivity index (χ0v) is 32.4. The maximum atomic E-state index is 13.2. The molecule has 0 amide bonds. The molecule has 274 valence electrons. The smallest absolute Gasteiger partial charge is 0.200 e. The van der Waals surface area contributed by atoms with Gasteiger partial charge in [-0.25, -0.2) is 0 Å². The van der Waals surface area contributed by atoms with Crippen molar-refractivity contribution in [2.45, 2.75) is 0 Å². The summed E-state index contributed by atoms with van der Waals surface area (Å²) in [7, 11) is 0. The minimum atomic E-state index is -0.00281. The molecule has 0 unspecified atom stereocenters. The normalized spacial score (nSPS) is 12.1. The lowest BCUT2D eigenvalue weighted by Crippen LogP contribution is -2.01. The summed E-state index contributed by atoms with van der Waals surface area (Å²) in [5.74, 6) is 0. The standard InChI is InChI=1S/C55H31NO2S/c57-55-44-13-2-4-17-50(44)58-51-31-39(19-23-45(51)55)35-11-6-9-33(27-35)37-21-25-53-47(29-37)46-28-36(20-24-52(46)59-53)32-8-5-10-34(26-32)38-18-22-41-43-15-7-14-42-40-12-1-3-16-48(40)56(54(42)43)49(41)30-38/h1-31H. The molecule has 0 saturated heterocycles. The number of benzene rings is 9. The third kappa shape index (κ3) is 4.84. The molecule has 4 heteroatoms. The molecular weight excluding hydrogens is 739 g/mol. The fourth-order valence-electron chi connectivity index (χ4n) is 9.48. The largest absolute Gasteiger partial charge is 0.456 e. The van der Waals surface area contributed by atoms with E-state index < -0.39 is 0 Å². The number of para-hydroxylation sites is 3. The SMILES string of the molecule is O=c1c2ccccc2oc2cc(-c3cccc(-c4ccc5sc6ccc(-c7cccc(-c8ccc9c%10cccc%11c%12ccccc%12n(c9c8)c%11%10)c7)cc6c5c4)c3)ccc12. The summed E-state index contributed by atoms with van der Waals surface area (Å²) >= 11 is 1.84. The minimum Gasteiger partial charge on any atom is -0.456 e. The Bertz CT molecular complexity index is 3940. The first-order valence-corrected chi connectivity index (χ1v) is 20.8. The fourth-order valence-corrected chi connectivity index (χ4v) is 10.6. The number of thiophene rings is 1. The second-order valence-corrected chi connectivity index (χ2v) is 16.7. The zero-order valence-electron chi connectivity index (χ0n) is 31.6. The van der Waals surface area contributed by atoms with E-state index in [-0.39, 0.29) is 5.43 Å². The molecule has 13 rings (SSSR count). The van der Waals surface area contributed by atoms with Crippen molar-refractivity contribution in [2.24, 2.45) is 0 Å². The maximum Gasteiger partial charge on any atom is 0.200 e. The van der Waals surface area contributed by atoms with Gasteiger partial charge >= 0.3 is 0 Å². The lowest BCUT2D eigenvalue weighted by Gasteiger charge is -2.09. The minimum absolute atomic E-state index is 0.00281. The number of hydrogen-bond donors (Lipinski definition) is 0. The van der Waals surface area contributed by atoms with Gasteiger partial charge in [-0.1, -0.05) is 115 Å². The van der Waals surface area contributed by atoms with Gasteiger partial charge in [-0.15, -0.1) is 11.3 Å². The molecule has 0 radical (unpaired) electrons. The number of hydrogen-bond acceptors (Lipinski definition) is 3. The fraction of sp³-hybridized carbons (Fsp3) is 0. The van der Waals surface area contributed by atoms with Crippen LogP contribution in [0.1, 0.15) is 0 Å². The summed E-state index contributed by atoms with van der Waals surface area (Å²) in [5, 5.41) is 8.91. The second kappa shape index (κ2) is 12.2. The number of aromatic nitrogens is 1. The lowest BCUT2D eigenvalue weighted by molar-refractivity contribution is 0.660. The van der Waals surface area contributed by atoms with Crippen LogP contribution in [0.15, 0.2) is 197 Å². The summed E-state index contributed by atoms with van der Waals surface area (Å²) in [6, 6.07) is 67.0. The third-order valence-electron chi connectivity index (χ3n) is 12.3. The van der Waals surface area contributed by atoms with Crippen LogP contribution < -0.4 is 5.43 Å². The highest BCUT2D eigenvalue weighted by atomic mass is 32.1. The number of nitrogens with zero attached hydrogens (tertiary/aromatic N) is 1. The maximum absolute atomic E-state index is 13.2. The molecular formula is C55H31NO2S. The van der Waals surface area contributed by atoms with Crippen molar-refractivity contribution in [3.63, 3.8) is 0 Å². The first kappa shape index (κ1) is 32.5. The second-order valence-electron chi connectivity index (χ2n) is 15.6. The molecule has 3 nitrogen and oxygen atoms in total. The summed E-state index contributed by atoms with van der Waals surface area (Å²) < 4.78 is 11.2. The summed E-state index contributed by atoms with van der Waals surface area (Å²) in [5.41, 5.74) is 14.2. The molecule has 4 aromatic heterocycles. The van der Waals surface area contributed by atoms with Crippen molar-refractivity contribution < 1.29 is 4.42 Å². The molecule has 4 heterocycles. The van der Waals surface area contributed by atoms with Crippen molar-refractivity contribution in [3.05, 3.63) is 198 Å². The quantitative estimate of drug-likeness (QED) is 0.167. The van der Waals surface area contributed by atoms with Gasteiger partial charge in [0.2, 0.25) is 5.43 Å². The van der Waals surface area contributed by atoms with Crippen molar-refractivity contribution in [1.29, 1.82) is 0 Å². The van der Waals surface area contributed by atoms with Gasteiger partial charge in [0.15, 0.2) is 0 Å². The molecule has 0 fully saturated rings. The summed E-state index contributed by atoms with van der Waals surface area (Å²) in [4.78, 5) is 13.2. The van der Waals surface area contributed by atoms with E-state index in [2.05, 4.69) is 150 Å². The lowest BCUT2D eigenvalue weighted by atomic mass is 9.96. The zero-order chi connectivity index (χ0) is 38.8. The number of fused-ring (bicyclic) bond motifs is 11. The highest BCUT2D eigenvalue weighted by Gasteiger charge is 2.18. The van der Waals surface area contributed by atoms with Gasteiger partial charge < -0.3 is 8.82 Å². The van der Waals surface area contributed by atoms with Crippen LogP contribution in [0.4, 0.5) is 0 Å². The van der Waals surface area contributed by atoms with E-state index >= 15 is 0 Å². The average molecular weight is 770 g/mol. The van der Waals surface area contributed by atoms with E-state index in [4.69, 9.17) is 4.42 Å². The van der Waals surface area contributed by atoms with E-state index in [1.54, 1.807) is 0 Å². The predicted octanol–water partition coefficient (Wildman–Crippen LogP) is 15.1. The summed E-state index contributed by atoms with van der Waals surface area (Å²) in [6.07, 6.45) is 0. The van der Waals surface area contributed by atoms with Crippen molar-refractivity contribution in [3.8, 4) is 44.5 Å². The molecule has 0 atom stereocenters. The Morgan fingerprint density at radius 1 is 0.339 bits per heavy atom. The van der Waals surface area contributed by atoms with Crippen LogP contribution in [0, 0.1) is 0 Å². The molecule has 0 aliphatic heterocycles. The Hall–Kier alpha value is -7.53. The van der Waals surface area contributed by atoms with E-state index in [1.165, 1.54) is 80.5 Å². The van der Waals surface area contributed by atoms with E-state index in [0.29, 0.717) is 21.9 Å². The predicted molar refractivity (Wildman–Crippen MR) is 249 cm³/mol. The van der Waals surface area contributed by atoms with E-state index in [0.717, 1.165) is 22.3 Å². The molecule has 0 saturated carbocycles. The topological polar surface area (TPSA) is 34.6 Å². The molecule has 0 spiro atoms. The average Bonchev–Trinajstić information content (AvgIpc) is 3.95. The summed E-state index contributed by atoms with van der Waals surface area (Å²) in [6.45, 7) is 0. The van der Waals surface area contributed by atoms with E-state index in [1.807, 2.05) is 53.8 Å². The molecule has 0 N–H and O–H groups in total. The molecule has 0 aliphatic rings. The van der Waals surface area contributed by atoms with Crippen LogP contribution in [-0.4, -0.2) is 4.40 Å². The third-order valence-corrected chi connectivity index (χ3v) is 13.5. The Morgan fingerprint density at radius 2 is 0.814 bits per heavy atom. The molecule has 0 aliphatic carbocycles. The van der Waals surface area contributed by atoms with Gasteiger partial charge in [0, 0.05) is 41.7 Å². The number of rotatable bonds is 4. The molecule has 9 aromatic carbocycles. The Kier molecular flexibility index (Phi) is 6.75. The van der Waals surface area contributed by atoms with Crippen LogP contribution in [0.2, 0.25) is 0 Å². The van der Waals surface area contributed by atoms with Crippen LogP contribution in [-0.2, 0) is 0 Å². The molecule has 13 aromatic rings. The van der Waals surface area contributed by atoms with Gasteiger partial charge in [0.1, 0.15) is 11.2 Å². The van der Waals surface area contributed by atoms with Gasteiger partial charge in [-0.05, 0) is 117 Å². The Balaban J connectivity index is 0.875. The van der Waals surface area contributed by atoms with Crippen LogP contribution in [0.5, 0.6) is 0 Å². The van der Waals surface area contributed by atoms with Gasteiger partial charge in [0.25, 0.3) is 0 Å². The first-order chi connectivity index (χ1) is 29.1. The van der Waals surface area contributed by atoms with Crippen molar-refractivity contribution in [2.75, 3.05) is 0 Å². The highest BCUT2D eigenvalue weighted by molar-refractivity contribution is 7.25. The first-order valence-electron chi connectivity index (χ1n) is 19.9.